The first-order valence-corrected chi connectivity index (χ1v) is 7.16. The second-order valence-corrected chi connectivity index (χ2v) is 5.35. The molecule has 3 heteroatoms. The number of likely N-dealkylation sites (tertiary alicyclic amines) is 1. The van der Waals surface area contributed by atoms with Crippen molar-refractivity contribution in [1.82, 2.24) is 9.88 Å². The number of nitrogens with zero attached hydrogens (tertiary/aromatic N) is 2. The predicted molar refractivity (Wildman–Crippen MR) is 77.0 cm³/mol. The van der Waals surface area contributed by atoms with Crippen molar-refractivity contribution in [2.45, 2.75) is 45.6 Å². The van der Waals surface area contributed by atoms with E-state index in [-0.39, 0.29) is 0 Å². The van der Waals surface area contributed by atoms with E-state index in [0.717, 1.165) is 18.3 Å². The van der Waals surface area contributed by atoms with Crippen molar-refractivity contribution >= 4 is 5.69 Å². The average molecular weight is 247 g/mol. The lowest BCUT2D eigenvalue weighted by molar-refractivity contribution is 0.160. The standard InChI is InChI=1S/C15H25N3/c1-13-12-15(7-9-16-13)17-8-5-11-18-10-4-3-6-14(18)2/h7,9,12,14H,3-6,8,10-11H2,1-2H3,(H,16,17). The minimum absolute atomic E-state index is 0.780. The van der Waals surface area contributed by atoms with Crippen LogP contribution in [0.15, 0.2) is 18.3 Å². The summed E-state index contributed by atoms with van der Waals surface area (Å²) < 4.78 is 0. The lowest BCUT2D eigenvalue weighted by atomic mass is 10.0. The maximum atomic E-state index is 4.20. The molecule has 1 saturated heterocycles. The Morgan fingerprint density at radius 3 is 3.11 bits per heavy atom. The van der Waals surface area contributed by atoms with E-state index >= 15 is 0 Å². The Kier molecular flexibility index (Phi) is 5.00. The predicted octanol–water partition coefficient (Wildman–Crippen LogP) is 3.07. The van der Waals surface area contributed by atoms with Crippen molar-refractivity contribution in [3.05, 3.63) is 24.0 Å². The molecule has 1 aromatic rings. The number of pyridine rings is 1. The molecule has 0 amide bonds. The van der Waals surface area contributed by atoms with Crippen LogP contribution in [0.25, 0.3) is 0 Å². The number of rotatable bonds is 5. The lowest BCUT2D eigenvalue weighted by Gasteiger charge is -2.33. The van der Waals surface area contributed by atoms with Crippen molar-refractivity contribution < 1.29 is 0 Å². The van der Waals surface area contributed by atoms with Gasteiger partial charge in [0, 0.05) is 36.7 Å². The molecule has 0 spiro atoms. The molecule has 1 aromatic heterocycles. The van der Waals surface area contributed by atoms with Gasteiger partial charge in [-0.2, -0.15) is 0 Å². The molecule has 1 N–H and O–H groups in total. The number of anilines is 1. The van der Waals surface area contributed by atoms with Gasteiger partial charge < -0.3 is 10.2 Å². The Morgan fingerprint density at radius 1 is 1.44 bits per heavy atom. The lowest BCUT2D eigenvalue weighted by Crippen LogP contribution is -2.38. The molecular weight excluding hydrogens is 222 g/mol. The number of aromatic nitrogens is 1. The van der Waals surface area contributed by atoms with Gasteiger partial charge in [0.15, 0.2) is 0 Å². The molecule has 1 fully saturated rings. The van der Waals surface area contributed by atoms with E-state index in [1.54, 1.807) is 0 Å². The molecule has 18 heavy (non-hydrogen) atoms. The maximum absolute atomic E-state index is 4.20. The van der Waals surface area contributed by atoms with Crippen LogP contribution in [0.3, 0.4) is 0 Å². The van der Waals surface area contributed by atoms with E-state index in [1.165, 1.54) is 44.5 Å². The fraction of sp³-hybridized carbons (Fsp3) is 0.667. The summed E-state index contributed by atoms with van der Waals surface area (Å²) in [4.78, 5) is 6.83. The molecule has 0 saturated carbocycles. The molecule has 0 aromatic carbocycles. The second-order valence-electron chi connectivity index (χ2n) is 5.35. The van der Waals surface area contributed by atoms with Gasteiger partial charge in [0.2, 0.25) is 0 Å². The summed E-state index contributed by atoms with van der Waals surface area (Å²) in [5.74, 6) is 0. The zero-order chi connectivity index (χ0) is 12.8. The Morgan fingerprint density at radius 2 is 2.33 bits per heavy atom. The summed E-state index contributed by atoms with van der Waals surface area (Å²) in [5, 5.41) is 3.47. The summed E-state index contributed by atoms with van der Waals surface area (Å²) in [7, 11) is 0. The van der Waals surface area contributed by atoms with Crippen LogP contribution in [0.4, 0.5) is 5.69 Å². The van der Waals surface area contributed by atoms with E-state index in [2.05, 4.69) is 28.2 Å². The van der Waals surface area contributed by atoms with Gasteiger partial charge in [-0.1, -0.05) is 6.42 Å². The van der Waals surface area contributed by atoms with Gasteiger partial charge in [-0.25, -0.2) is 0 Å². The molecule has 2 heterocycles. The van der Waals surface area contributed by atoms with E-state index in [1.807, 2.05) is 19.2 Å². The smallest absolute Gasteiger partial charge is 0.0393 e. The third-order valence-corrected chi connectivity index (χ3v) is 3.79. The first-order chi connectivity index (χ1) is 8.75. The van der Waals surface area contributed by atoms with E-state index in [4.69, 9.17) is 0 Å². The summed E-state index contributed by atoms with van der Waals surface area (Å²) in [5.41, 5.74) is 2.26. The first kappa shape index (κ1) is 13.3. The highest BCUT2D eigenvalue weighted by molar-refractivity contribution is 5.42. The second kappa shape index (κ2) is 6.74. The molecule has 1 aliphatic heterocycles. The zero-order valence-electron chi connectivity index (χ0n) is 11.7. The van der Waals surface area contributed by atoms with Gasteiger partial charge in [-0.3, -0.25) is 4.98 Å². The third kappa shape index (κ3) is 3.98. The van der Waals surface area contributed by atoms with Crippen molar-refractivity contribution in [3.8, 4) is 0 Å². The maximum Gasteiger partial charge on any atom is 0.0393 e. The number of hydrogen-bond acceptors (Lipinski definition) is 3. The van der Waals surface area contributed by atoms with Crippen LogP contribution in [-0.4, -0.2) is 35.6 Å². The molecule has 1 aliphatic rings. The van der Waals surface area contributed by atoms with Crippen LogP contribution in [0.2, 0.25) is 0 Å². The minimum atomic E-state index is 0.780. The molecule has 2 rings (SSSR count). The van der Waals surface area contributed by atoms with Gasteiger partial charge in [0.25, 0.3) is 0 Å². The number of aryl methyl sites for hydroxylation is 1. The summed E-state index contributed by atoms with van der Waals surface area (Å²) >= 11 is 0. The Bertz CT molecular complexity index is 365. The van der Waals surface area contributed by atoms with Crippen LogP contribution in [0.1, 0.15) is 38.3 Å². The number of piperidine rings is 1. The highest BCUT2D eigenvalue weighted by Crippen LogP contribution is 2.16. The fourth-order valence-corrected chi connectivity index (χ4v) is 2.66. The van der Waals surface area contributed by atoms with Gasteiger partial charge >= 0.3 is 0 Å². The summed E-state index contributed by atoms with van der Waals surface area (Å²) in [6, 6.07) is 4.92. The Labute approximate surface area is 111 Å². The van der Waals surface area contributed by atoms with E-state index < -0.39 is 0 Å². The van der Waals surface area contributed by atoms with Crippen LogP contribution >= 0.6 is 0 Å². The molecule has 1 atom stereocenters. The van der Waals surface area contributed by atoms with Gasteiger partial charge in [0.1, 0.15) is 0 Å². The topological polar surface area (TPSA) is 28.2 Å². The molecule has 100 valence electrons. The highest BCUT2D eigenvalue weighted by atomic mass is 15.2. The van der Waals surface area contributed by atoms with Gasteiger partial charge in [-0.05, 0) is 51.8 Å². The van der Waals surface area contributed by atoms with Crippen molar-refractivity contribution in [2.24, 2.45) is 0 Å². The molecule has 0 aliphatic carbocycles. The normalized spacial score (nSPS) is 20.9. The van der Waals surface area contributed by atoms with E-state index in [9.17, 15) is 0 Å². The highest BCUT2D eigenvalue weighted by Gasteiger charge is 2.16. The average Bonchev–Trinajstić information content (AvgIpc) is 2.37. The fourth-order valence-electron chi connectivity index (χ4n) is 2.66. The SMILES string of the molecule is Cc1cc(NCCCN2CCCCC2C)ccn1. The quantitative estimate of drug-likeness (QED) is 0.811. The number of hydrogen-bond donors (Lipinski definition) is 1. The Balaban J connectivity index is 1.66. The molecule has 1 unspecified atom stereocenters. The zero-order valence-corrected chi connectivity index (χ0v) is 11.7. The molecule has 0 radical (unpaired) electrons. The van der Waals surface area contributed by atoms with Gasteiger partial charge in [-0.15, -0.1) is 0 Å². The third-order valence-electron chi connectivity index (χ3n) is 3.79. The first-order valence-electron chi connectivity index (χ1n) is 7.16. The number of nitrogens with one attached hydrogen (secondary N) is 1. The Hall–Kier alpha value is -1.09. The van der Waals surface area contributed by atoms with Crippen molar-refractivity contribution in [1.29, 1.82) is 0 Å². The molecular formula is C15H25N3. The summed E-state index contributed by atoms with van der Waals surface area (Å²) in [6.45, 7) is 7.94. The minimum Gasteiger partial charge on any atom is -0.385 e. The van der Waals surface area contributed by atoms with Crippen LogP contribution in [0, 0.1) is 6.92 Å². The van der Waals surface area contributed by atoms with Gasteiger partial charge in [0.05, 0.1) is 0 Å². The van der Waals surface area contributed by atoms with Crippen molar-refractivity contribution in [3.63, 3.8) is 0 Å². The van der Waals surface area contributed by atoms with Crippen molar-refractivity contribution in [2.75, 3.05) is 25.0 Å². The van der Waals surface area contributed by atoms with Crippen LogP contribution in [-0.2, 0) is 0 Å². The van der Waals surface area contributed by atoms with E-state index in [0.29, 0.717) is 0 Å². The molecule has 0 bridgehead atoms. The molecule has 3 nitrogen and oxygen atoms in total. The largest absolute Gasteiger partial charge is 0.385 e. The van der Waals surface area contributed by atoms with Crippen LogP contribution in [0.5, 0.6) is 0 Å². The monoisotopic (exact) mass is 247 g/mol. The summed E-state index contributed by atoms with van der Waals surface area (Å²) in [6.07, 6.45) is 7.24. The van der Waals surface area contributed by atoms with Crippen LogP contribution < -0.4 is 5.32 Å².